The van der Waals surface area contributed by atoms with Crippen LogP contribution in [-0.4, -0.2) is 56.2 Å². The van der Waals surface area contributed by atoms with Crippen LogP contribution in [0.3, 0.4) is 0 Å². The Balaban J connectivity index is 2.07. The predicted molar refractivity (Wildman–Crippen MR) is 79.0 cm³/mol. The number of nitrogens with zero attached hydrogens (tertiary/aromatic N) is 2. The van der Waals surface area contributed by atoms with Crippen LogP contribution in [0.5, 0.6) is 5.75 Å². The Labute approximate surface area is 120 Å². The van der Waals surface area contributed by atoms with Gasteiger partial charge in [-0.25, -0.2) is 4.79 Å². The van der Waals surface area contributed by atoms with Gasteiger partial charge in [0.1, 0.15) is 5.75 Å². The molecule has 1 atom stereocenters. The minimum atomic E-state index is 0.112. The molecular formula is C15H23N3O2. The maximum Gasteiger partial charge on any atom is 0.319 e. The van der Waals surface area contributed by atoms with Gasteiger partial charge in [0.15, 0.2) is 0 Å². The predicted octanol–water partition coefficient (Wildman–Crippen LogP) is 1.71. The van der Waals surface area contributed by atoms with Crippen LogP contribution in [0.4, 0.5) is 4.79 Å². The van der Waals surface area contributed by atoms with E-state index in [0.29, 0.717) is 6.54 Å². The molecule has 20 heavy (non-hydrogen) atoms. The molecule has 0 bridgehead atoms. The first kappa shape index (κ1) is 14.7. The number of likely N-dealkylation sites (N-methyl/N-ethyl adjacent to an activating group) is 2. The fourth-order valence-electron chi connectivity index (χ4n) is 2.46. The summed E-state index contributed by atoms with van der Waals surface area (Å²) < 4.78 is 5.18. The van der Waals surface area contributed by atoms with Gasteiger partial charge >= 0.3 is 6.03 Å². The minimum Gasteiger partial charge on any atom is -0.497 e. The van der Waals surface area contributed by atoms with Crippen molar-refractivity contribution in [3.05, 3.63) is 29.8 Å². The van der Waals surface area contributed by atoms with Crippen LogP contribution in [0.25, 0.3) is 0 Å². The highest BCUT2D eigenvalue weighted by atomic mass is 16.5. The van der Waals surface area contributed by atoms with E-state index in [1.54, 1.807) is 12.0 Å². The van der Waals surface area contributed by atoms with E-state index in [1.807, 2.05) is 24.1 Å². The van der Waals surface area contributed by atoms with Gasteiger partial charge < -0.3 is 19.9 Å². The van der Waals surface area contributed by atoms with E-state index in [9.17, 15) is 4.79 Å². The number of rotatable bonds is 6. The fourth-order valence-corrected chi connectivity index (χ4v) is 2.46. The van der Waals surface area contributed by atoms with E-state index >= 15 is 0 Å². The summed E-state index contributed by atoms with van der Waals surface area (Å²) in [6.07, 6.45) is 0. The van der Waals surface area contributed by atoms with E-state index < -0.39 is 0 Å². The monoisotopic (exact) mass is 277 g/mol. The first-order valence-electron chi connectivity index (χ1n) is 7.03. The van der Waals surface area contributed by atoms with Crippen LogP contribution in [-0.2, 0) is 0 Å². The molecule has 0 radical (unpaired) electrons. The number of hydrogen-bond donors (Lipinski definition) is 1. The van der Waals surface area contributed by atoms with Crippen LogP contribution in [0, 0.1) is 0 Å². The summed E-state index contributed by atoms with van der Waals surface area (Å²) in [4.78, 5) is 15.6. The summed E-state index contributed by atoms with van der Waals surface area (Å²) in [5.74, 6) is 0.848. The molecule has 1 aliphatic rings. The molecule has 1 heterocycles. The van der Waals surface area contributed by atoms with Gasteiger partial charge in [-0.05, 0) is 24.2 Å². The summed E-state index contributed by atoms with van der Waals surface area (Å²) in [5, 5.41) is 3.45. The lowest BCUT2D eigenvalue weighted by molar-refractivity contribution is 0.194. The first-order valence-corrected chi connectivity index (χ1v) is 7.03. The highest BCUT2D eigenvalue weighted by Crippen LogP contribution is 2.20. The molecule has 110 valence electrons. The molecule has 5 nitrogen and oxygen atoms in total. The second kappa shape index (κ2) is 6.61. The molecule has 1 fully saturated rings. The zero-order valence-corrected chi connectivity index (χ0v) is 12.4. The Bertz CT molecular complexity index is 447. The SMILES string of the molecule is CCNC(CN1CCN(C)C1=O)c1ccc(OC)cc1. The van der Waals surface area contributed by atoms with Crippen LogP contribution >= 0.6 is 0 Å². The second-order valence-electron chi connectivity index (χ2n) is 5.03. The molecule has 0 aliphatic carbocycles. The third kappa shape index (κ3) is 3.22. The Morgan fingerprint density at radius 3 is 2.50 bits per heavy atom. The number of methoxy groups -OCH3 is 1. The van der Waals surface area contributed by atoms with Crippen LogP contribution < -0.4 is 10.1 Å². The van der Waals surface area contributed by atoms with Crippen molar-refractivity contribution >= 4 is 6.03 Å². The van der Waals surface area contributed by atoms with Crippen molar-refractivity contribution in [2.24, 2.45) is 0 Å². The van der Waals surface area contributed by atoms with Crippen LogP contribution in [0.1, 0.15) is 18.5 Å². The van der Waals surface area contributed by atoms with Crippen molar-refractivity contribution in [1.29, 1.82) is 0 Å². The highest BCUT2D eigenvalue weighted by molar-refractivity contribution is 5.76. The lowest BCUT2D eigenvalue weighted by atomic mass is 10.1. The quantitative estimate of drug-likeness (QED) is 0.861. The second-order valence-corrected chi connectivity index (χ2v) is 5.03. The molecule has 1 aromatic rings. The van der Waals surface area contributed by atoms with Crippen LogP contribution in [0.2, 0.25) is 0 Å². The molecule has 0 aromatic heterocycles. The van der Waals surface area contributed by atoms with E-state index in [2.05, 4.69) is 24.4 Å². The Hall–Kier alpha value is -1.75. The first-order chi connectivity index (χ1) is 9.65. The van der Waals surface area contributed by atoms with Crippen LogP contribution in [0.15, 0.2) is 24.3 Å². The zero-order chi connectivity index (χ0) is 14.5. The molecular weight excluding hydrogens is 254 g/mol. The van der Waals surface area contributed by atoms with E-state index in [1.165, 1.54) is 5.56 Å². The van der Waals surface area contributed by atoms with Gasteiger partial charge in [-0.1, -0.05) is 19.1 Å². The summed E-state index contributed by atoms with van der Waals surface area (Å²) in [6.45, 7) is 5.25. The summed E-state index contributed by atoms with van der Waals surface area (Å²) in [6, 6.07) is 8.28. The molecule has 1 aromatic carbocycles. The largest absolute Gasteiger partial charge is 0.497 e. The van der Waals surface area contributed by atoms with Crippen molar-refractivity contribution in [3.63, 3.8) is 0 Å². The highest BCUT2D eigenvalue weighted by Gasteiger charge is 2.27. The van der Waals surface area contributed by atoms with Crippen molar-refractivity contribution in [3.8, 4) is 5.75 Å². The zero-order valence-electron chi connectivity index (χ0n) is 12.4. The Kier molecular flexibility index (Phi) is 4.84. The van der Waals surface area contributed by atoms with Gasteiger partial charge in [0, 0.05) is 32.7 Å². The molecule has 1 N–H and O–H groups in total. The molecule has 1 saturated heterocycles. The van der Waals surface area contributed by atoms with Gasteiger partial charge in [0.2, 0.25) is 0 Å². The maximum absolute atomic E-state index is 12.0. The Morgan fingerprint density at radius 2 is 2.00 bits per heavy atom. The van der Waals surface area contributed by atoms with Gasteiger partial charge in [-0.15, -0.1) is 0 Å². The number of nitrogens with one attached hydrogen (secondary N) is 1. The number of ether oxygens (including phenoxy) is 1. The van der Waals surface area contributed by atoms with Crippen molar-refractivity contribution in [2.75, 3.05) is 40.3 Å². The molecule has 2 rings (SSSR count). The third-order valence-corrected chi connectivity index (χ3v) is 3.67. The lowest BCUT2D eigenvalue weighted by Gasteiger charge is -2.24. The van der Waals surface area contributed by atoms with Crippen molar-refractivity contribution < 1.29 is 9.53 Å². The van der Waals surface area contributed by atoms with Gasteiger partial charge in [-0.2, -0.15) is 0 Å². The van der Waals surface area contributed by atoms with Gasteiger partial charge in [0.25, 0.3) is 0 Å². The minimum absolute atomic E-state index is 0.112. The third-order valence-electron chi connectivity index (χ3n) is 3.67. The molecule has 5 heteroatoms. The topological polar surface area (TPSA) is 44.8 Å². The number of benzene rings is 1. The summed E-state index contributed by atoms with van der Waals surface area (Å²) in [5.41, 5.74) is 1.18. The number of carbonyl (C=O) groups is 1. The lowest BCUT2D eigenvalue weighted by Crippen LogP contribution is -2.37. The smallest absolute Gasteiger partial charge is 0.319 e. The van der Waals surface area contributed by atoms with E-state index in [-0.39, 0.29) is 12.1 Å². The van der Waals surface area contributed by atoms with Crippen molar-refractivity contribution in [1.82, 2.24) is 15.1 Å². The fraction of sp³-hybridized carbons (Fsp3) is 0.533. The molecule has 1 unspecified atom stereocenters. The molecule has 1 aliphatic heterocycles. The molecule has 2 amide bonds. The van der Waals surface area contributed by atoms with Gasteiger partial charge in [0.05, 0.1) is 7.11 Å². The normalized spacial score (nSPS) is 16.6. The number of amides is 2. The average molecular weight is 277 g/mol. The standard InChI is InChI=1S/C15H23N3O2/c1-4-16-14(11-18-10-9-17(2)15(18)19)12-5-7-13(20-3)8-6-12/h5-8,14,16H,4,9-11H2,1-3H3. The Morgan fingerprint density at radius 1 is 1.30 bits per heavy atom. The number of urea groups is 1. The summed E-state index contributed by atoms with van der Waals surface area (Å²) in [7, 11) is 3.51. The van der Waals surface area contributed by atoms with E-state index in [4.69, 9.17) is 4.74 Å². The van der Waals surface area contributed by atoms with E-state index in [0.717, 1.165) is 25.4 Å². The molecule has 0 spiro atoms. The van der Waals surface area contributed by atoms with Gasteiger partial charge in [-0.3, -0.25) is 0 Å². The average Bonchev–Trinajstić information content (AvgIpc) is 2.79. The summed E-state index contributed by atoms with van der Waals surface area (Å²) >= 11 is 0. The number of carbonyl (C=O) groups excluding carboxylic acids is 1. The molecule has 0 saturated carbocycles. The maximum atomic E-state index is 12.0. The number of hydrogen-bond acceptors (Lipinski definition) is 3. The van der Waals surface area contributed by atoms with Crippen molar-refractivity contribution in [2.45, 2.75) is 13.0 Å².